The van der Waals surface area contributed by atoms with Crippen LogP contribution in [0, 0.1) is 0 Å². The van der Waals surface area contributed by atoms with E-state index in [1.807, 2.05) is 12.3 Å². The zero-order chi connectivity index (χ0) is 9.54. The third-order valence-corrected chi connectivity index (χ3v) is 4.48. The van der Waals surface area contributed by atoms with Crippen LogP contribution in [0.1, 0.15) is 0 Å². The molecule has 0 radical (unpaired) electrons. The predicted octanol–water partition coefficient (Wildman–Crippen LogP) is 3.02. The van der Waals surface area contributed by atoms with Gasteiger partial charge in [0.25, 0.3) is 0 Å². The molecule has 70 valence electrons. The lowest BCUT2D eigenvalue weighted by Gasteiger charge is -1.85. The Bertz CT molecular complexity index is 550. The standard InChI is InChI=1S/C8H5N3S3/c1-12-8-9-6-2-4-5(11-14-10-4)3-7(6)13-8/h2-3H,1H3. The van der Waals surface area contributed by atoms with E-state index in [-0.39, 0.29) is 0 Å². The van der Waals surface area contributed by atoms with Gasteiger partial charge in [0.05, 0.1) is 21.9 Å². The van der Waals surface area contributed by atoms with Crippen LogP contribution in [-0.4, -0.2) is 20.0 Å². The van der Waals surface area contributed by atoms with Crippen molar-refractivity contribution in [1.29, 1.82) is 0 Å². The molecule has 0 aliphatic carbocycles. The van der Waals surface area contributed by atoms with Gasteiger partial charge in [-0.3, -0.25) is 0 Å². The summed E-state index contributed by atoms with van der Waals surface area (Å²) in [6.45, 7) is 0. The van der Waals surface area contributed by atoms with Gasteiger partial charge >= 0.3 is 0 Å². The first-order valence-electron chi connectivity index (χ1n) is 3.93. The summed E-state index contributed by atoms with van der Waals surface area (Å²) in [7, 11) is 0. The van der Waals surface area contributed by atoms with E-state index in [1.54, 1.807) is 23.1 Å². The van der Waals surface area contributed by atoms with Crippen LogP contribution in [0.25, 0.3) is 21.3 Å². The summed E-state index contributed by atoms with van der Waals surface area (Å²) in [6, 6.07) is 4.07. The van der Waals surface area contributed by atoms with Gasteiger partial charge in [0.1, 0.15) is 11.0 Å². The third kappa shape index (κ3) is 1.22. The van der Waals surface area contributed by atoms with Gasteiger partial charge in [0.2, 0.25) is 0 Å². The number of hydrogen-bond donors (Lipinski definition) is 0. The van der Waals surface area contributed by atoms with Crippen LogP contribution in [-0.2, 0) is 0 Å². The van der Waals surface area contributed by atoms with E-state index in [0.717, 1.165) is 20.9 Å². The minimum atomic E-state index is 0.945. The Kier molecular flexibility index (Phi) is 1.93. The molecule has 3 rings (SSSR count). The number of thioether (sulfide) groups is 1. The van der Waals surface area contributed by atoms with Crippen LogP contribution in [0.3, 0.4) is 0 Å². The van der Waals surface area contributed by atoms with E-state index < -0.39 is 0 Å². The maximum absolute atomic E-state index is 4.48. The van der Waals surface area contributed by atoms with E-state index in [0.29, 0.717) is 0 Å². The number of nitrogens with zero attached hydrogens (tertiary/aromatic N) is 3. The van der Waals surface area contributed by atoms with Crippen molar-refractivity contribution < 1.29 is 0 Å². The van der Waals surface area contributed by atoms with Gasteiger partial charge in [0.15, 0.2) is 4.34 Å². The van der Waals surface area contributed by atoms with Crippen LogP contribution in [0.2, 0.25) is 0 Å². The zero-order valence-electron chi connectivity index (χ0n) is 7.22. The molecule has 0 fully saturated rings. The van der Waals surface area contributed by atoms with Gasteiger partial charge in [-0.1, -0.05) is 11.8 Å². The van der Waals surface area contributed by atoms with E-state index in [9.17, 15) is 0 Å². The number of aromatic nitrogens is 3. The Morgan fingerprint density at radius 1 is 1.14 bits per heavy atom. The fraction of sp³-hybridized carbons (Fsp3) is 0.125. The SMILES string of the molecule is CSc1nc2cc3nsnc3cc2s1. The first kappa shape index (κ1) is 8.58. The molecule has 0 N–H and O–H groups in total. The molecule has 0 aliphatic rings. The number of hydrogen-bond acceptors (Lipinski definition) is 6. The number of fused-ring (bicyclic) bond motifs is 2. The second-order valence-corrected chi connectivity index (χ2v) is 5.37. The predicted molar refractivity (Wildman–Crippen MR) is 62.4 cm³/mol. The molecular weight excluding hydrogens is 234 g/mol. The molecular formula is C8H5N3S3. The van der Waals surface area contributed by atoms with Crippen molar-refractivity contribution in [2.75, 3.05) is 6.26 Å². The molecule has 0 saturated carbocycles. The summed E-state index contributed by atoms with van der Waals surface area (Å²) in [4.78, 5) is 4.48. The van der Waals surface area contributed by atoms with Crippen LogP contribution in [0.4, 0.5) is 0 Å². The number of thiazole rings is 1. The quantitative estimate of drug-likeness (QED) is 0.612. The average Bonchev–Trinajstić information content (AvgIpc) is 2.77. The summed E-state index contributed by atoms with van der Waals surface area (Å²) in [5.41, 5.74) is 2.94. The molecule has 0 aliphatic heterocycles. The van der Waals surface area contributed by atoms with Crippen molar-refractivity contribution in [2.24, 2.45) is 0 Å². The van der Waals surface area contributed by atoms with Crippen molar-refractivity contribution in [2.45, 2.75) is 4.34 Å². The highest BCUT2D eigenvalue weighted by molar-refractivity contribution is 8.00. The maximum atomic E-state index is 4.48. The highest BCUT2D eigenvalue weighted by Crippen LogP contribution is 2.30. The van der Waals surface area contributed by atoms with Gasteiger partial charge < -0.3 is 0 Å². The Morgan fingerprint density at radius 2 is 1.93 bits per heavy atom. The molecule has 0 atom stereocenters. The van der Waals surface area contributed by atoms with Crippen LogP contribution < -0.4 is 0 Å². The number of rotatable bonds is 1. The molecule has 2 aromatic heterocycles. The Hall–Kier alpha value is -0.720. The van der Waals surface area contributed by atoms with Crippen molar-refractivity contribution in [3.05, 3.63) is 12.1 Å². The maximum Gasteiger partial charge on any atom is 0.150 e. The highest BCUT2D eigenvalue weighted by Gasteiger charge is 2.06. The molecule has 3 aromatic rings. The lowest BCUT2D eigenvalue weighted by Crippen LogP contribution is -1.71. The van der Waals surface area contributed by atoms with Crippen LogP contribution >= 0.6 is 34.8 Å². The molecule has 0 unspecified atom stereocenters. The van der Waals surface area contributed by atoms with Gasteiger partial charge in [-0.15, -0.1) is 11.3 Å². The first-order chi connectivity index (χ1) is 6.86. The van der Waals surface area contributed by atoms with Crippen molar-refractivity contribution in [3.8, 4) is 0 Å². The fourth-order valence-electron chi connectivity index (χ4n) is 1.27. The van der Waals surface area contributed by atoms with Crippen molar-refractivity contribution in [1.82, 2.24) is 13.7 Å². The highest BCUT2D eigenvalue weighted by atomic mass is 32.2. The molecule has 14 heavy (non-hydrogen) atoms. The van der Waals surface area contributed by atoms with Crippen LogP contribution in [0.5, 0.6) is 0 Å². The fourth-order valence-corrected chi connectivity index (χ4v) is 3.29. The normalized spacial score (nSPS) is 11.5. The third-order valence-electron chi connectivity index (χ3n) is 1.92. The van der Waals surface area contributed by atoms with E-state index in [1.165, 1.54) is 16.4 Å². The topological polar surface area (TPSA) is 38.7 Å². The summed E-state index contributed by atoms with van der Waals surface area (Å²) < 4.78 is 10.7. The molecule has 0 amide bonds. The van der Waals surface area contributed by atoms with E-state index in [4.69, 9.17) is 0 Å². The summed E-state index contributed by atoms with van der Waals surface area (Å²) in [5.74, 6) is 0. The van der Waals surface area contributed by atoms with Gasteiger partial charge in [0, 0.05) is 0 Å². The molecule has 0 spiro atoms. The summed E-state index contributed by atoms with van der Waals surface area (Å²) in [6.07, 6.45) is 2.04. The monoisotopic (exact) mass is 239 g/mol. The van der Waals surface area contributed by atoms with Crippen LogP contribution in [0.15, 0.2) is 16.5 Å². The Balaban J connectivity index is 2.40. The number of benzene rings is 1. The second-order valence-electron chi connectivity index (χ2n) is 2.76. The summed E-state index contributed by atoms with van der Waals surface area (Å²) in [5, 5.41) is 0. The zero-order valence-corrected chi connectivity index (χ0v) is 9.67. The molecule has 3 nitrogen and oxygen atoms in total. The lowest BCUT2D eigenvalue weighted by molar-refractivity contribution is 1.31. The molecule has 0 bridgehead atoms. The minimum absolute atomic E-state index is 0.945. The molecule has 0 saturated heterocycles. The Morgan fingerprint density at radius 3 is 2.71 bits per heavy atom. The molecule has 1 aromatic carbocycles. The van der Waals surface area contributed by atoms with Gasteiger partial charge in [-0.05, 0) is 18.4 Å². The van der Waals surface area contributed by atoms with Gasteiger partial charge in [-0.25, -0.2) is 4.98 Å². The van der Waals surface area contributed by atoms with Crippen molar-refractivity contribution in [3.63, 3.8) is 0 Å². The lowest BCUT2D eigenvalue weighted by atomic mass is 10.3. The minimum Gasteiger partial charge on any atom is -0.230 e. The van der Waals surface area contributed by atoms with Gasteiger partial charge in [-0.2, -0.15) is 8.75 Å². The van der Waals surface area contributed by atoms with E-state index >= 15 is 0 Å². The first-order valence-corrected chi connectivity index (χ1v) is 6.71. The van der Waals surface area contributed by atoms with Crippen molar-refractivity contribution >= 4 is 56.1 Å². The largest absolute Gasteiger partial charge is 0.230 e. The second kappa shape index (κ2) is 3.15. The average molecular weight is 239 g/mol. The molecule has 2 heterocycles. The molecule has 6 heteroatoms. The van der Waals surface area contributed by atoms with E-state index in [2.05, 4.69) is 19.8 Å². The Labute approximate surface area is 92.5 Å². The summed E-state index contributed by atoms with van der Waals surface area (Å²) >= 11 is 4.63. The smallest absolute Gasteiger partial charge is 0.150 e.